The second-order valence-corrected chi connectivity index (χ2v) is 7.95. The van der Waals surface area contributed by atoms with Crippen LogP contribution in [-0.2, 0) is 22.6 Å². The van der Waals surface area contributed by atoms with E-state index < -0.39 is 24.3 Å². The quantitative estimate of drug-likeness (QED) is 0.323. The van der Waals surface area contributed by atoms with Crippen LogP contribution in [0.4, 0.5) is 26.3 Å². The molecule has 4 aromatic heterocycles. The Morgan fingerprint density at radius 1 is 0.974 bits per heavy atom. The molecule has 0 spiro atoms. The molecular formula is C23H20F6N6O4. The Labute approximate surface area is 215 Å². The first-order chi connectivity index (χ1) is 18.3. The van der Waals surface area contributed by atoms with Gasteiger partial charge in [0, 0.05) is 43.8 Å². The van der Waals surface area contributed by atoms with Crippen LogP contribution in [0.25, 0.3) is 5.65 Å². The maximum Gasteiger partial charge on any atom is 0.490 e. The molecule has 0 aliphatic carbocycles. The molecule has 0 saturated carbocycles. The predicted molar refractivity (Wildman–Crippen MR) is 121 cm³/mol. The molecule has 1 unspecified atom stereocenters. The Hall–Kier alpha value is -4.47. The second-order valence-electron chi connectivity index (χ2n) is 7.95. The van der Waals surface area contributed by atoms with Crippen molar-refractivity contribution in [2.24, 2.45) is 0 Å². The number of fused-ring (bicyclic) bond motifs is 2. The largest absolute Gasteiger partial charge is 0.490 e. The molecule has 5 heterocycles. The van der Waals surface area contributed by atoms with Gasteiger partial charge in [0.1, 0.15) is 5.65 Å². The fourth-order valence-corrected chi connectivity index (χ4v) is 3.63. The summed E-state index contributed by atoms with van der Waals surface area (Å²) in [6.07, 6.45) is -1.44. The Bertz CT molecular complexity index is 1350. The standard InChI is InChI=1S/C19H18N6.2C2HF3O2/c1-3-8-20-16(5-1)19-18-15(21-13-22-18)7-10-25(19)12-14-11-24-9-4-2-6-17(24)23-14;2*3-2(4,5)1(6)7/h1-6,8-9,11,13,19H,7,10,12H2,(H,21,22);2*(H,6,7). The number of carboxylic acids is 2. The van der Waals surface area contributed by atoms with E-state index in [1.54, 1.807) is 6.33 Å². The van der Waals surface area contributed by atoms with Gasteiger partial charge in [0.05, 0.1) is 29.5 Å². The van der Waals surface area contributed by atoms with E-state index in [1.165, 1.54) is 5.69 Å². The van der Waals surface area contributed by atoms with Crippen molar-refractivity contribution in [1.82, 2.24) is 29.2 Å². The number of aliphatic carboxylic acids is 2. The van der Waals surface area contributed by atoms with Gasteiger partial charge in [0.15, 0.2) is 0 Å². The minimum Gasteiger partial charge on any atom is -0.475 e. The lowest BCUT2D eigenvalue weighted by molar-refractivity contribution is -0.193. The zero-order chi connectivity index (χ0) is 28.8. The monoisotopic (exact) mass is 558 g/mol. The topological polar surface area (TPSA) is 137 Å². The van der Waals surface area contributed by atoms with Crippen molar-refractivity contribution < 1.29 is 46.1 Å². The van der Waals surface area contributed by atoms with Crippen molar-refractivity contribution in [3.8, 4) is 0 Å². The first-order valence-corrected chi connectivity index (χ1v) is 11.0. The molecule has 16 heteroatoms. The van der Waals surface area contributed by atoms with Crippen molar-refractivity contribution >= 4 is 17.6 Å². The van der Waals surface area contributed by atoms with E-state index in [2.05, 4.69) is 36.5 Å². The number of pyridine rings is 2. The molecule has 0 saturated heterocycles. The van der Waals surface area contributed by atoms with E-state index in [0.717, 1.165) is 42.2 Å². The number of H-pyrrole nitrogens is 1. The predicted octanol–water partition coefficient (Wildman–Crippen LogP) is 3.87. The van der Waals surface area contributed by atoms with E-state index >= 15 is 0 Å². The molecule has 0 amide bonds. The zero-order valence-corrected chi connectivity index (χ0v) is 19.7. The van der Waals surface area contributed by atoms with E-state index in [0.29, 0.717) is 0 Å². The van der Waals surface area contributed by atoms with Gasteiger partial charge in [-0.3, -0.25) is 9.88 Å². The Morgan fingerprint density at radius 3 is 2.18 bits per heavy atom. The van der Waals surface area contributed by atoms with Gasteiger partial charge in [0.2, 0.25) is 0 Å². The molecule has 0 aromatic carbocycles. The van der Waals surface area contributed by atoms with Crippen molar-refractivity contribution in [2.75, 3.05) is 6.54 Å². The molecule has 1 aliphatic rings. The molecule has 0 bridgehead atoms. The molecule has 1 aliphatic heterocycles. The number of carboxylic acid groups (broad SMARTS) is 2. The first kappa shape index (κ1) is 29.1. The van der Waals surface area contributed by atoms with E-state index in [-0.39, 0.29) is 6.04 Å². The SMILES string of the molecule is O=C(O)C(F)(F)F.O=C(O)C(F)(F)F.c1ccc(C2c3nc[nH]c3CCN2Cc2cn3ccccc3n2)nc1. The summed E-state index contributed by atoms with van der Waals surface area (Å²) in [5, 5.41) is 14.2. The fourth-order valence-electron chi connectivity index (χ4n) is 3.63. The number of hydrogen-bond donors (Lipinski definition) is 3. The molecule has 39 heavy (non-hydrogen) atoms. The normalized spacial score (nSPS) is 15.4. The maximum atomic E-state index is 10.6. The fraction of sp³-hybridized carbons (Fsp3) is 0.261. The van der Waals surface area contributed by atoms with Crippen molar-refractivity contribution in [1.29, 1.82) is 0 Å². The Balaban J connectivity index is 0.000000251. The highest BCUT2D eigenvalue weighted by Crippen LogP contribution is 2.33. The number of nitrogens with zero attached hydrogens (tertiary/aromatic N) is 5. The number of imidazole rings is 2. The van der Waals surface area contributed by atoms with Crippen molar-refractivity contribution in [2.45, 2.75) is 31.4 Å². The Morgan fingerprint density at radius 2 is 1.62 bits per heavy atom. The van der Waals surface area contributed by atoms with E-state index in [9.17, 15) is 26.3 Å². The van der Waals surface area contributed by atoms with Crippen LogP contribution in [0.3, 0.4) is 0 Å². The summed E-state index contributed by atoms with van der Waals surface area (Å²) >= 11 is 0. The maximum absolute atomic E-state index is 10.6. The highest BCUT2D eigenvalue weighted by molar-refractivity contribution is 5.73. The first-order valence-electron chi connectivity index (χ1n) is 11.0. The molecule has 0 radical (unpaired) electrons. The summed E-state index contributed by atoms with van der Waals surface area (Å²) in [6, 6.07) is 12.2. The summed E-state index contributed by atoms with van der Waals surface area (Å²) in [4.78, 5) is 37.4. The van der Waals surface area contributed by atoms with Crippen molar-refractivity contribution in [3.05, 3.63) is 84.1 Å². The molecular weight excluding hydrogens is 538 g/mol. The van der Waals surface area contributed by atoms with Gasteiger partial charge in [-0.2, -0.15) is 26.3 Å². The van der Waals surface area contributed by atoms with Gasteiger partial charge in [-0.05, 0) is 24.3 Å². The highest BCUT2D eigenvalue weighted by atomic mass is 19.4. The number of aromatic nitrogens is 5. The van der Waals surface area contributed by atoms with E-state index in [1.807, 2.05) is 42.7 Å². The van der Waals surface area contributed by atoms with Crippen LogP contribution in [0.1, 0.15) is 28.8 Å². The van der Waals surface area contributed by atoms with E-state index in [4.69, 9.17) is 24.8 Å². The van der Waals surface area contributed by atoms with Crippen LogP contribution in [0.15, 0.2) is 61.3 Å². The number of carbonyl (C=O) groups is 2. The number of hydrogen-bond acceptors (Lipinski definition) is 6. The van der Waals surface area contributed by atoms with Crippen LogP contribution < -0.4 is 0 Å². The van der Waals surface area contributed by atoms with Crippen LogP contribution in [-0.4, -0.2) is 70.3 Å². The van der Waals surface area contributed by atoms with Gasteiger partial charge in [-0.1, -0.05) is 12.1 Å². The molecule has 1 atom stereocenters. The third-order valence-corrected chi connectivity index (χ3v) is 5.26. The van der Waals surface area contributed by atoms with Crippen LogP contribution in [0, 0.1) is 0 Å². The average Bonchev–Trinajstić information content (AvgIpc) is 3.50. The molecule has 0 fully saturated rings. The smallest absolute Gasteiger partial charge is 0.475 e. The highest BCUT2D eigenvalue weighted by Gasteiger charge is 2.39. The number of nitrogens with one attached hydrogen (secondary N) is 1. The lowest BCUT2D eigenvalue weighted by atomic mass is 9.99. The molecule has 208 valence electrons. The number of halogens is 6. The summed E-state index contributed by atoms with van der Waals surface area (Å²) in [5.41, 5.74) is 5.35. The third kappa shape index (κ3) is 7.76. The molecule has 4 aromatic rings. The van der Waals surface area contributed by atoms with Crippen LogP contribution >= 0.6 is 0 Å². The minimum atomic E-state index is -5.08. The third-order valence-electron chi connectivity index (χ3n) is 5.26. The summed E-state index contributed by atoms with van der Waals surface area (Å²) < 4.78 is 65.5. The van der Waals surface area contributed by atoms with Crippen LogP contribution in [0.2, 0.25) is 0 Å². The number of alkyl halides is 6. The summed E-state index contributed by atoms with van der Waals surface area (Å²) in [7, 11) is 0. The summed E-state index contributed by atoms with van der Waals surface area (Å²) in [5.74, 6) is -5.51. The minimum absolute atomic E-state index is 0.0565. The van der Waals surface area contributed by atoms with Gasteiger partial charge in [0.25, 0.3) is 0 Å². The molecule has 3 N–H and O–H groups in total. The number of rotatable bonds is 3. The average molecular weight is 558 g/mol. The lowest BCUT2D eigenvalue weighted by Gasteiger charge is -2.34. The number of aromatic amines is 1. The lowest BCUT2D eigenvalue weighted by Crippen LogP contribution is -2.36. The van der Waals surface area contributed by atoms with Crippen molar-refractivity contribution in [3.63, 3.8) is 0 Å². The van der Waals surface area contributed by atoms with Gasteiger partial charge in [-0.15, -0.1) is 0 Å². The second kappa shape index (κ2) is 11.9. The summed E-state index contributed by atoms with van der Waals surface area (Å²) in [6.45, 7) is 1.72. The molecule has 5 rings (SSSR count). The van der Waals surface area contributed by atoms with Gasteiger partial charge in [-0.25, -0.2) is 19.6 Å². The van der Waals surface area contributed by atoms with Gasteiger partial charge >= 0.3 is 24.3 Å². The molecule has 10 nitrogen and oxygen atoms in total. The Kier molecular flexibility index (Phi) is 8.90. The van der Waals surface area contributed by atoms with Crippen LogP contribution in [0.5, 0.6) is 0 Å². The zero-order valence-electron chi connectivity index (χ0n) is 19.7. The van der Waals surface area contributed by atoms with Gasteiger partial charge < -0.3 is 19.6 Å².